The number of para-hydroxylation sites is 2. The zero-order valence-electron chi connectivity index (χ0n) is 26.7. The summed E-state index contributed by atoms with van der Waals surface area (Å²) in [5.74, 6) is 1.66. The molecule has 6 heteroatoms. The molecule has 4 aromatic heterocycles. The van der Waals surface area contributed by atoms with Crippen molar-refractivity contribution in [3.8, 4) is 51.1 Å². The van der Waals surface area contributed by atoms with Gasteiger partial charge in [-0.3, -0.25) is 4.98 Å². The van der Waals surface area contributed by atoms with Crippen LogP contribution in [0.2, 0.25) is 0 Å². The normalized spacial score (nSPS) is 11.6. The van der Waals surface area contributed by atoms with Crippen molar-refractivity contribution >= 4 is 43.7 Å². The predicted octanol–water partition coefficient (Wildman–Crippen LogP) is 10.9. The molecule has 10 rings (SSSR count). The molecule has 0 amide bonds. The van der Waals surface area contributed by atoms with E-state index >= 15 is 0 Å². The molecule has 0 saturated carbocycles. The van der Waals surface area contributed by atoms with Gasteiger partial charge in [0.2, 0.25) is 0 Å². The Bertz CT molecular complexity index is 2860. The van der Waals surface area contributed by atoms with Crippen LogP contribution in [0.4, 0.5) is 0 Å². The number of furan rings is 1. The first-order valence-electron chi connectivity index (χ1n) is 16.6. The topological polar surface area (TPSA) is 69.6 Å². The summed E-state index contributed by atoms with van der Waals surface area (Å²) >= 11 is 0. The molecule has 10 aromatic rings. The molecule has 6 nitrogen and oxygen atoms in total. The minimum absolute atomic E-state index is 0.516. The van der Waals surface area contributed by atoms with Gasteiger partial charge in [-0.25, -0.2) is 15.0 Å². The smallest absolute Gasteiger partial charge is 0.182 e. The van der Waals surface area contributed by atoms with Crippen LogP contribution in [0.3, 0.4) is 0 Å². The molecule has 6 aromatic carbocycles. The van der Waals surface area contributed by atoms with Crippen LogP contribution in [-0.4, -0.2) is 24.5 Å². The lowest BCUT2D eigenvalue weighted by molar-refractivity contribution is 0.669. The van der Waals surface area contributed by atoms with E-state index in [9.17, 15) is 0 Å². The van der Waals surface area contributed by atoms with Crippen LogP contribution >= 0.6 is 0 Å². The number of rotatable bonds is 5. The molecule has 0 aliphatic heterocycles. The Labute approximate surface area is 287 Å². The fourth-order valence-corrected chi connectivity index (χ4v) is 6.94. The van der Waals surface area contributed by atoms with Crippen molar-refractivity contribution in [2.24, 2.45) is 0 Å². The largest absolute Gasteiger partial charge is 0.456 e. The van der Waals surface area contributed by atoms with Crippen LogP contribution in [0.5, 0.6) is 0 Å². The molecule has 0 atom stereocenters. The lowest BCUT2D eigenvalue weighted by atomic mass is 10.0. The highest BCUT2D eigenvalue weighted by Crippen LogP contribution is 2.39. The number of hydrogen-bond donors (Lipinski definition) is 0. The molecule has 50 heavy (non-hydrogen) atoms. The maximum absolute atomic E-state index is 6.48. The summed E-state index contributed by atoms with van der Waals surface area (Å²) in [6.07, 6.45) is 1.76. The monoisotopic (exact) mass is 641 g/mol. The average molecular weight is 642 g/mol. The highest BCUT2D eigenvalue weighted by molar-refractivity contribution is 6.17. The van der Waals surface area contributed by atoms with Crippen molar-refractivity contribution < 1.29 is 4.42 Å². The average Bonchev–Trinajstić information content (AvgIpc) is 3.72. The van der Waals surface area contributed by atoms with Crippen LogP contribution in [0.1, 0.15) is 0 Å². The molecule has 4 heterocycles. The van der Waals surface area contributed by atoms with Gasteiger partial charge in [0.25, 0.3) is 0 Å². The number of hydrogen-bond acceptors (Lipinski definition) is 5. The van der Waals surface area contributed by atoms with E-state index in [1.165, 1.54) is 5.39 Å². The van der Waals surface area contributed by atoms with E-state index in [-0.39, 0.29) is 0 Å². The molecule has 0 spiro atoms. The van der Waals surface area contributed by atoms with Crippen molar-refractivity contribution in [1.29, 1.82) is 0 Å². The Morgan fingerprint density at radius 2 is 1.08 bits per heavy atom. The van der Waals surface area contributed by atoms with Crippen LogP contribution in [0, 0.1) is 0 Å². The molecular formula is C44H27N5O. The Morgan fingerprint density at radius 3 is 1.90 bits per heavy atom. The van der Waals surface area contributed by atoms with Crippen molar-refractivity contribution in [3.63, 3.8) is 0 Å². The molecule has 234 valence electrons. The Hall–Kier alpha value is -6.92. The zero-order chi connectivity index (χ0) is 33.0. The van der Waals surface area contributed by atoms with Crippen LogP contribution in [-0.2, 0) is 0 Å². The molecule has 0 unspecified atom stereocenters. The number of nitrogens with zero attached hydrogens (tertiary/aromatic N) is 5. The molecule has 0 fully saturated rings. The lowest BCUT2D eigenvalue weighted by Crippen LogP contribution is -2.01. The molecule has 0 saturated heterocycles. The van der Waals surface area contributed by atoms with Crippen molar-refractivity contribution in [2.45, 2.75) is 0 Å². The van der Waals surface area contributed by atoms with Crippen LogP contribution in [0.15, 0.2) is 168 Å². The number of pyridine rings is 1. The first-order chi connectivity index (χ1) is 24.8. The van der Waals surface area contributed by atoms with Crippen LogP contribution < -0.4 is 0 Å². The van der Waals surface area contributed by atoms with Gasteiger partial charge in [-0.15, -0.1) is 0 Å². The van der Waals surface area contributed by atoms with Gasteiger partial charge in [-0.05, 0) is 77.9 Å². The quantitative estimate of drug-likeness (QED) is 0.187. The second kappa shape index (κ2) is 11.4. The summed E-state index contributed by atoms with van der Waals surface area (Å²) < 4.78 is 8.81. The van der Waals surface area contributed by atoms with E-state index in [1.54, 1.807) is 6.20 Å². The third-order valence-electron chi connectivity index (χ3n) is 9.29. The van der Waals surface area contributed by atoms with Gasteiger partial charge in [0.1, 0.15) is 16.9 Å². The third-order valence-corrected chi connectivity index (χ3v) is 9.29. The molecule has 0 aliphatic carbocycles. The summed E-state index contributed by atoms with van der Waals surface area (Å²) in [6.45, 7) is 0. The number of aromatic nitrogens is 5. The molecule has 0 aliphatic rings. The summed E-state index contributed by atoms with van der Waals surface area (Å²) in [5, 5.41) is 4.36. The van der Waals surface area contributed by atoms with Gasteiger partial charge in [-0.2, -0.15) is 0 Å². The second-order valence-corrected chi connectivity index (χ2v) is 12.3. The summed E-state index contributed by atoms with van der Waals surface area (Å²) in [5.41, 5.74) is 9.71. The van der Waals surface area contributed by atoms with Gasteiger partial charge < -0.3 is 8.98 Å². The van der Waals surface area contributed by atoms with E-state index in [2.05, 4.69) is 101 Å². The molecule has 0 radical (unpaired) electrons. The highest BCUT2D eigenvalue weighted by Gasteiger charge is 2.18. The van der Waals surface area contributed by atoms with Gasteiger partial charge in [0, 0.05) is 44.6 Å². The minimum Gasteiger partial charge on any atom is -0.456 e. The number of fused-ring (bicyclic) bond motifs is 6. The Morgan fingerprint density at radius 1 is 0.400 bits per heavy atom. The lowest BCUT2D eigenvalue weighted by Gasteiger charge is -2.09. The van der Waals surface area contributed by atoms with Gasteiger partial charge in [0.05, 0.1) is 11.0 Å². The van der Waals surface area contributed by atoms with E-state index < -0.39 is 0 Å². The first kappa shape index (κ1) is 28.1. The maximum atomic E-state index is 6.48. The Kier molecular flexibility index (Phi) is 6.39. The van der Waals surface area contributed by atoms with Gasteiger partial charge in [0.15, 0.2) is 17.5 Å². The molecular weight excluding hydrogens is 615 g/mol. The SMILES string of the molecule is c1ccc(-c2cccc(-c3nc(-c4ccc5oc6cc7c8ccccc8n(-c8ccccc8)c7cc6c5c4)nc(-c4ccccn4)n3)c2)cc1. The fourth-order valence-electron chi connectivity index (χ4n) is 6.94. The van der Waals surface area contributed by atoms with E-state index in [1.807, 2.05) is 66.7 Å². The summed E-state index contributed by atoms with van der Waals surface area (Å²) in [6, 6.07) is 54.0. The summed E-state index contributed by atoms with van der Waals surface area (Å²) in [4.78, 5) is 19.5. The van der Waals surface area contributed by atoms with Crippen molar-refractivity contribution in [2.75, 3.05) is 0 Å². The predicted molar refractivity (Wildman–Crippen MR) is 201 cm³/mol. The highest BCUT2D eigenvalue weighted by atomic mass is 16.3. The molecule has 0 bridgehead atoms. The zero-order valence-corrected chi connectivity index (χ0v) is 26.7. The molecule has 0 N–H and O–H groups in total. The first-order valence-corrected chi connectivity index (χ1v) is 16.6. The van der Waals surface area contributed by atoms with E-state index in [4.69, 9.17) is 19.4 Å². The van der Waals surface area contributed by atoms with Gasteiger partial charge >= 0.3 is 0 Å². The fraction of sp³-hybridized carbons (Fsp3) is 0. The maximum Gasteiger partial charge on any atom is 0.182 e. The number of benzene rings is 6. The second-order valence-electron chi connectivity index (χ2n) is 12.3. The Balaban J connectivity index is 1.17. The van der Waals surface area contributed by atoms with Crippen LogP contribution in [0.25, 0.3) is 94.9 Å². The van der Waals surface area contributed by atoms with Crippen molar-refractivity contribution in [3.05, 3.63) is 164 Å². The minimum atomic E-state index is 0.516. The van der Waals surface area contributed by atoms with E-state index in [0.29, 0.717) is 23.2 Å². The van der Waals surface area contributed by atoms with Gasteiger partial charge in [-0.1, -0.05) is 91.0 Å². The summed E-state index contributed by atoms with van der Waals surface area (Å²) in [7, 11) is 0. The van der Waals surface area contributed by atoms with E-state index in [0.717, 1.165) is 66.3 Å². The third kappa shape index (κ3) is 4.65. The standard InChI is InChI=1S/C44H27N5O/c1-3-12-28(13-4-1)29-14-11-15-30(24-29)42-46-43(48-44(47-42)37-19-9-10-23-45-37)31-21-22-40-35(25-31)36-26-39-34(27-41(36)50-40)33-18-7-8-20-38(33)49(39)32-16-5-2-6-17-32/h1-27H. The van der Waals surface area contributed by atoms with Crippen molar-refractivity contribution in [1.82, 2.24) is 24.5 Å².